The summed E-state index contributed by atoms with van der Waals surface area (Å²) >= 11 is 0. The molecule has 0 saturated heterocycles. The zero-order valence-electron chi connectivity index (χ0n) is 32.4. The number of benzene rings is 5. The van der Waals surface area contributed by atoms with E-state index in [4.69, 9.17) is 9.90 Å². The van der Waals surface area contributed by atoms with E-state index in [9.17, 15) is 4.39 Å². The van der Waals surface area contributed by atoms with Gasteiger partial charge in [-0.1, -0.05) is 116 Å². The SMILES string of the molecule is C[Si](C)(C)c1ccc(-c2[c-]cc(F)cc2)nc1.[2H]C([2H])(c1ccccc1)c1ccnc(-c2[c-]cc3oc4cccc(C([2H])([2H])c5ccccc5)c4c3c2)c1.[Ir]. The average Bonchev–Trinajstić information content (AvgIpc) is 3.57. The third-order valence-electron chi connectivity index (χ3n) is 8.26. The summed E-state index contributed by atoms with van der Waals surface area (Å²) in [5.41, 5.74) is 6.28. The zero-order chi connectivity index (χ0) is 38.1. The molecule has 5 aromatic carbocycles. The number of nitrogens with zero attached hydrogens (tertiary/aromatic N) is 2. The van der Waals surface area contributed by atoms with E-state index in [1.165, 1.54) is 17.3 Å². The van der Waals surface area contributed by atoms with Gasteiger partial charge in [-0.2, -0.15) is 0 Å². The van der Waals surface area contributed by atoms with Crippen LogP contribution in [0.2, 0.25) is 19.6 Å². The number of furan rings is 1. The largest absolute Gasteiger partial charge is 0.500 e. The van der Waals surface area contributed by atoms with Crippen molar-refractivity contribution in [3.05, 3.63) is 186 Å². The van der Waals surface area contributed by atoms with Gasteiger partial charge in [-0.25, -0.2) is 0 Å². The molecular formula is C45H37FIrN2OSi-2. The maximum absolute atomic E-state index is 12.8. The van der Waals surface area contributed by atoms with Gasteiger partial charge in [0.25, 0.3) is 0 Å². The Morgan fingerprint density at radius 3 is 2.06 bits per heavy atom. The first kappa shape index (κ1) is 30.8. The molecule has 0 spiro atoms. The van der Waals surface area contributed by atoms with Crippen LogP contribution < -0.4 is 5.19 Å². The maximum atomic E-state index is 12.8. The molecule has 1 radical (unpaired) electrons. The Morgan fingerprint density at radius 2 is 1.39 bits per heavy atom. The van der Waals surface area contributed by atoms with Gasteiger partial charge in [-0.05, 0) is 63.7 Å². The van der Waals surface area contributed by atoms with Gasteiger partial charge in [0, 0.05) is 49.2 Å². The van der Waals surface area contributed by atoms with Crippen molar-refractivity contribution in [3.63, 3.8) is 0 Å². The Kier molecular flexibility index (Phi) is 9.60. The summed E-state index contributed by atoms with van der Waals surface area (Å²) in [6, 6.07) is 45.4. The number of rotatable bonds is 7. The van der Waals surface area contributed by atoms with Gasteiger partial charge in [0.1, 0.15) is 5.58 Å². The molecule has 0 atom stereocenters. The molecule has 0 unspecified atom stereocenters. The van der Waals surface area contributed by atoms with E-state index in [0.29, 0.717) is 50.1 Å². The van der Waals surface area contributed by atoms with Gasteiger partial charge in [0.15, 0.2) is 0 Å². The van der Waals surface area contributed by atoms with Crippen LogP contribution in [0.3, 0.4) is 0 Å². The van der Waals surface area contributed by atoms with Crippen molar-refractivity contribution in [1.29, 1.82) is 0 Å². The number of hydrogen-bond acceptors (Lipinski definition) is 3. The van der Waals surface area contributed by atoms with Crippen LogP contribution in [0.5, 0.6) is 0 Å². The van der Waals surface area contributed by atoms with Crippen molar-refractivity contribution < 1.29 is 34.4 Å². The molecule has 3 aromatic heterocycles. The average molecular weight is 865 g/mol. The molecule has 0 aliphatic carbocycles. The van der Waals surface area contributed by atoms with Gasteiger partial charge in [-0.15, -0.1) is 53.6 Å². The van der Waals surface area contributed by atoms with E-state index in [1.54, 1.807) is 60.8 Å². The smallest absolute Gasteiger partial charge is 0.121 e. The summed E-state index contributed by atoms with van der Waals surface area (Å²) in [5, 5.41) is 2.79. The summed E-state index contributed by atoms with van der Waals surface area (Å²) in [7, 11) is -1.30. The molecule has 51 heavy (non-hydrogen) atoms. The molecule has 0 aliphatic rings. The molecule has 3 heterocycles. The third-order valence-corrected chi connectivity index (χ3v) is 10.3. The first-order chi connectivity index (χ1) is 25.8. The first-order valence-corrected chi connectivity index (χ1v) is 19.9. The number of halogens is 1. The standard InChI is InChI=1S/C31H22NO.C14H15FNSi.Ir/c1-3-8-22(9-4-1)18-24-16-17-32-28(20-24)25-14-15-29-27(21-25)31-26(12-7-13-30(31)33-29)19-23-10-5-2-6-11-23;1-17(2,3)13-8-9-14(16-10-13)11-4-6-12(15)7-5-11;/h1-13,15-17,20-21H,18-19H2;4,6-10H,1-3H3;/q2*-1;/i18D2,19D2;;. The second-order valence-corrected chi connectivity index (χ2v) is 18.0. The minimum Gasteiger partial charge on any atom is -0.500 e. The van der Waals surface area contributed by atoms with Crippen LogP contribution in [0, 0.1) is 17.9 Å². The van der Waals surface area contributed by atoms with Crippen LogP contribution in [0.4, 0.5) is 4.39 Å². The molecule has 8 aromatic rings. The first-order valence-electron chi connectivity index (χ1n) is 18.4. The van der Waals surface area contributed by atoms with Crippen LogP contribution in [0.25, 0.3) is 44.5 Å². The molecule has 0 fully saturated rings. The van der Waals surface area contributed by atoms with Gasteiger partial charge in [-0.3, -0.25) is 4.39 Å². The normalized spacial score (nSPS) is 12.9. The number of hydrogen-bond donors (Lipinski definition) is 0. The molecule has 8 rings (SSSR count). The fraction of sp³-hybridized carbons (Fsp3) is 0.111. The quantitative estimate of drug-likeness (QED) is 0.118. The topological polar surface area (TPSA) is 38.9 Å². The summed E-state index contributed by atoms with van der Waals surface area (Å²) in [5.74, 6) is -0.271. The molecule has 255 valence electrons. The molecule has 3 nitrogen and oxygen atoms in total. The van der Waals surface area contributed by atoms with Crippen LogP contribution in [0.1, 0.15) is 27.7 Å². The second kappa shape index (κ2) is 15.9. The molecule has 6 heteroatoms. The Morgan fingerprint density at radius 1 is 0.667 bits per heavy atom. The number of pyridine rings is 2. The molecule has 0 saturated carbocycles. The van der Waals surface area contributed by atoms with Crippen LogP contribution >= 0.6 is 0 Å². The molecule has 0 N–H and O–H groups in total. The van der Waals surface area contributed by atoms with Crippen molar-refractivity contribution in [2.45, 2.75) is 32.4 Å². The van der Waals surface area contributed by atoms with Crippen molar-refractivity contribution in [2.24, 2.45) is 0 Å². The second-order valence-electron chi connectivity index (χ2n) is 12.9. The molecule has 0 aliphatic heterocycles. The van der Waals surface area contributed by atoms with Crippen LogP contribution in [-0.4, -0.2) is 18.0 Å². The third kappa shape index (κ3) is 8.66. The predicted molar refractivity (Wildman–Crippen MR) is 206 cm³/mol. The Bertz CT molecular complexity index is 2540. The minimum absolute atomic E-state index is 0. The molecular weight excluding hydrogens is 824 g/mol. The summed E-state index contributed by atoms with van der Waals surface area (Å²) in [4.78, 5) is 8.93. The van der Waals surface area contributed by atoms with Crippen molar-refractivity contribution in [3.8, 4) is 22.5 Å². The van der Waals surface area contributed by atoms with Crippen molar-refractivity contribution >= 4 is 35.2 Å². The Labute approximate surface area is 319 Å². The monoisotopic (exact) mass is 865 g/mol. The van der Waals surface area contributed by atoms with Gasteiger partial charge >= 0.3 is 0 Å². The van der Waals surface area contributed by atoms with Gasteiger partial charge in [0.05, 0.1) is 13.7 Å². The zero-order valence-corrected chi connectivity index (χ0v) is 31.8. The van der Waals surface area contributed by atoms with E-state index in [2.05, 4.69) is 47.8 Å². The fourth-order valence-corrected chi connectivity index (χ4v) is 6.64. The van der Waals surface area contributed by atoms with E-state index in [0.717, 1.165) is 16.6 Å². The van der Waals surface area contributed by atoms with Crippen LogP contribution in [-0.2, 0) is 32.9 Å². The van der Waals surface area contributed by atoms with Gasteiger partial charge < -0.3 is 14.4 Å². The van der Waals surface area contributed by atoms with Crippen molar-refractivity contribution in [2.75, 3.05) is 0 Å². The summed E-state index contributed by atoms with van der Waals surface area (Å²) in [6.07, 6.45) is 0.112. The van der Waals surface area contributed by atoms with Gasteiger partial charge in [0.2, 0.25) is 0 Å². The summed E-state index contributed by atoms with van der Waals surface area (Å²) in [6.45, 7) is 6.86. The maximum Gasteiger partial charge on any atom is 0.121 e. The summed E-state index contributed by atoms with van der Waals surface area (Å²) < 4.78 is 54.2. The van der Waals surface area contributed by atoms with E-state index < -0.39 is 20.8 Å². The van der Waals surface area contributed by atoms with Crippen LogP contribution in [0.15, 0.2) is 150 Å². The molecule has 0 amide bonds. The Balaban J connectivity index is 0.000000241. The molecule has 0 bridgehead atoms. The van der Waals surface area contributed by atoms with E-state index in [-0.39, 0.29) is 25.9 Å². The van der Waals surface area contributed by atoms with Crippen molar-refractivity contribution in [1.82, 2.24) is 9.97 Å². The number of fused-ring (bicyclic) bond motifs is 3. The number of aromatic nitrogens is 2. The predicted octanol–water partition coefficient (Wildman–Crippen LogP) is 10.9. The van der Waals surface area contributed by atoms with E-state index >= 15 is 0 Å². The van der Waals surface area contributed by atoms with E-state index in [1.807, 2.05) is 66.9 Å². The Hall–Kier alpha value is -5.00. The fourth-order valence-electron chi connectivity index (χ4n) is 5.61. The minimum atomic E-state index is -1.73.